The molecule has 2 aromatic heterocycles. The second kappa shape index (κ2) is 9.33. The molecular weight excluding hydrogens is 376 g/mol. The molecule has 6 nitrogen and oxygen atoms in total. The normalized spacial score (nSPS) is 12.0. The van der Waals surface area contributed by atoms with Crippen LogP contribution in [0.5, 0.6) is 0 Å². The topological polar surface area (TPSA) is 82.1 Å². The fourth-order valence-electron chi connectivity index (χ4n) is 3.44. The van der Waals surface area contributed by atoms with Crippen molar-refractivity contribution in [2.45, 2.75) is 25.5 Å². The molecule has 1 unspecified atom stereocenters. The van der Waals surface area contributed by atoms with Crippen LogP contribution in [0.1, 0.15) is 29.5 Å². The van der Waals surface area contributed by atoms with Crippen LogP contribution in [0.2, 0.25) is 0 Å². The van der Waals surface area contributed by atoms with Crippen LogP contribution in [0.15, 0.2) is 79.0 Å². The highest BCUT2D eigenvalue weighted by Crippen LogP contribution is 2.17. The lowest BCUT2D eigenvalue weighted by molar-refractivity contribution is -0.133. The van der Waals surface area contributed by atoms with Crippen molar-refractivity contribution in [3.8, 4) is 0 Å². The largest absolute Gasteiger partial charge is 0.387 e. The summed E-state index contributed by atoms with van der Waals surface area (Å²) >= 11 is 0. The number of imidazole rings is 1. The number of rotatable bonds is 8. The van der Waals surface area contributed by atoms with Crippen molar-refractivity contribution in [1.29, 1.82) is 0 Å². The smallest absolute Gasteiger partial charge is 0.223 e. The van der Waals surface area contributed by atoms with Crippen molar-refractivity contribution < 1.29 is 9.90 Å². The standard InChI is InChI=1S/C24H24N4O2/c29-21(19-10-5-2-6-11-19)17-28(16-18-8-3-1-4-9-18)23(30)14-13-22-26-20-12-7-15-25-24(20)27-22/h1-12,15,21,29H,13-14,16-17H2,(H,25,26,27). The summed E-state index contributed by atoms with van der Waals surface area (Å²) in [5.41, 5.74) is 3.34. The Hall–Kier alpha value is -3.51. The lowest BCUT2D eigenvalue weighted by Gasteiger charge is -2.26. The van der Waals surface area contributed by atoms with Gasteiger partial charge in [-0.3, -0.25) is 4.79 Å². The first-order valence-electron chi connectivity index (χ1n) is 10.0. The summed E-state index contributed by atoms with van der Waals surface area (Å²) in [5.74, 6) is 0.711. The number of aryl methyl sites for hydroxylation is 1. The number of aromatic nitrogens is 3. The molecule has 4 rings (SSSR count). The predicted octanol–water partition coefficient (Wildman–Crippen LogP) is 3.65. The number of fused-ring (bicyclic) bond motifs is 1. The predicted molar refractivity (Wildman–Crippen MR) is 115 cm³/mol. The molecule has 4 aromatic rings. The van der Waals surface area contributed by atoms with Crippen molar-refractivity contribution in [3.05, 3.63) is 95.9 Å². The Morgan fingerprint density at radius 2 is 1.73 bits per heavy atom. The lowest BCUT2D eigenvalue weighted by Crippen LogP contribution is -2.34. The third-order valence-corrected chi connectivity index (χ3v) is 5.03. The van der Waals surface area contributed by atoms with Gasteiger partial charge in [0, 0.05) is 25.6 Å². The van der Waals surface area contributed by atoms with Gasteiger partial charge in [-0.1, -0.05) is 60.7 Å². The average Bonchev–Trinajstić information content (AvgIpc) is 3.21. The van der Waals surface area contributed by atoms with E-state index in [2.05, 4.69) is 15.0 Å². The first-order chi connectivity index (χ1) is 14.7. The highest BCUT2D eigenvalue weighted by molar-refractivity contribution is 5.77. The van der Waals surface area contributed by atoms with Gasteiger partial charge in [0.25, 0.3) is 0 Å². The van der Waals surface area contributed by atoms with Gasteiger partial charge in [-0.15, -0.1) is 0 Å². The van der Waals surface area contributed by atoms with Gasteiger partial charge in [0.15, 0.2) is 5.65 Å². The Morgan fingerprint density at radius 1 is 1.00 bits per heavy atom. The van der Waals surface area contributed by atoms with Crippen LogP contribution >= 0.6 is 0 Å². The summed E-state index contributed by atoms with van der Waals surface area (Å²) in [4.78, 5) is 26.7. The molecule has 0 fully saturated rings. The molecule has 0 bridgehead atoms. The number of aromatic amines is 1. The number of amides is 1. The number of benzene rings is 2. The van der Waals surface area contributed by atoms with E-state index in [1.807, 2.05) is 72.8 Å². The Balaban J connectivity index is 1.46. The summed E-state index contributed by atoms with van der Waals surface area (Å²) in [7, 11) is 0. The summed E-state index contributed by atoms with van der Waals surface area (Å²) < 4.78 is 0. The Bertz CT molecular complexity index is 1060. The summed E-state index contributed by atoms with van der Waals surface area (Å²) in [6.07, 6.45) is 1.75. The molecule has 30 heavy (non-hydrogen) atoms. The number of pyridine rings is 1. The van der Waals surface area contributed by atoms with Crippen LogP contribution in [0, 0.1) is 0 Å². The molecule has 6 heteroatoms. The zero-order valence-corrected chi connectivity index (χ0v) is 16.6. The quantitative estimate of drug-likeness (QED) is 0.473. The molecule has 2 heterocycles. The van der Waals surface area contributed by atoms with Crippen LogP contribution in [0.4, 0.5) is 0 Å². The minimum absolute atomic E-state index is 0.0257. The monoisotopic (exact) mass is 400 g/mol. The molecule has 0 spiro atoms. The molecule has 1 atom stereocenters. The van der Waals surface area contributed by atoms with E-state index >= 15 is 0 Å². The van der Waals surface area contributed by atoms with Gasteiger partial charge >= 0.3 is 0 Å². The molecule has 0 radical (unpaired) electrons. The molecule has 1 amide bonds. The van der Waals surface area contributed by atoms with Gasteiger partial charge in [-0.2, -0.15) is 0 Å². The fourth-order valence-corrected chi connectivity index (χ4v) is 3.44. The van der Waals surface area contributed by atoms with Gasteiger partial charge in [0.05, 0.1) is 18.2 Å². The van der Waals surface area contributed by atoms with Gasteiger partial charge in [0.1, 0.15) is 5.82 Å². The molecule has 152 valence electrons. The van der Waals surface area contributed by atoms with E-state index in [9.17, 15) is 9.90 Å². The van der Waals surface area contributed by atoms with E-state index in [0.717, 1.165) is 22.5 Å². The van der Waals surface area contributed by atoms with Crippen LogP contribution in [-0.4, -0.2) is 37.4 Å². The highest BCUT2D eigenvalue weighted by atomic mass is 16.3. The zero-order chi connectivity index (χ0) is 20.8. The molecule has 0 aliphatic rings. The maximum atomic E-state index is 13.1. The van der Waals surface area contributed by atoms with Crippen molar-refractivity contribution in [1.82, 2.24) is 19.9 Å². The molecule has 0 saturated heterocycles. The van der Waals surface area contributed by atoms with Crippen LogP contribution in [0.3, 0.4) is 0 Å². The Kier molecular flexibility index (Phi) is 6.15. The minimum Gasteiger partial charge on any atom is -0.387 e. The second-order valence-corrected chi connectivity index (χ2v) is 7.24. The number of aliphatic hydroxyl groups is 1. The highest BCUT2D eigenvalue weighted by Gasteiger charge is 2.19. The molecule has 0 saturated carbocycles. The number of H-pyrrole nitrogens is 1. The van der Waals surface area contributed by atoms with Gasteiger partial charge < -0.3 is 15.0 Å². The first-order valence-corrected chi connectivity index (χ1v) is 10.0. The Labute approximate surface area is 175 Å². The van der Waals surface area contributed by atoms with Crippen LogP contribution in [-0.2, 0) is 17.8 Å². The second-order valence-electron chi connectivity index (χ2n) is 7.24. The summed E-state index contributed by atoms with van der Waals surface area (Å²) in [6, 6.07) is 23.0. The maximum Gasteiger partial charge on any atom is 0.223 e. The Morgan fingerprint density at radius 3 is 2.47 bits per heavy atom. The number of aliphatic hydroxyl groups excluding tert-OH is 1. The lowest BCUT2D eigenvalue weighted by atomic mass is 10.1. The number of nitrogens with zero attached hydrogens (tertiary/aromatic N) is 3. The molecular formula is C24H24N4O2. The minimum atomic E-state index is -0.741. The van der Waals surface area contributed by atoms with Crippen LogP contribution < -0.4 is 0 Å². The maximum absolute atomic E-state index is 13.1. The van der Waals surface area contributed by atoms with E-state index in [1.165, 1.54) is 0 Å². The molecule has 0 aliphatic carbocycles. The third kappa shape index (κ3) is 4.90. The van der Waals surface area contributed by atoms with E-state index in [-0.39, 0.29) is 12.5 Å². The van der Waals surface area contributed by atoms with Crippen molar-refractivity contribution in [2.24, 2.45) is 0 Å². The number of nitrogens with one attached hydrogen (secondary N) is 1. The van der Waals surface area contributed by atoms with Gasteiger partial charge in [-0.05, 0) is 23.3 Å². The molecule has 0 aliphatic heterocycles. The molecule has 2 aromatic carbocycles. The number of carbonyl (C=O) groups excluding carboxylic acids is 1. The summed E-state index contributed by atoms with van der Waals surface area (Å²) in [6.45, 7) is 0.685. The van der Waals surface area contributed by atoms with E-state index < -0.39 is 6.10 Å². The van der Waals surface area contributed by atoms with Gasteiger partial charge in [-0.25, -0.2) is 9.97 Å². The van der Waals surface area contributed by atoms with Crippen molar-refractivity contribution in [2.75, 3.05) is 6.54 Å². The number of carbonyl (C=O) groups is 1. The third-order valence-electron chi connectivity index (χ3n) is 5.03. The SMILES string of the molecule is O=C(CCc1nc2ncccc2[nH]1)N(Cc1ccccc1)CC(O)c1ccccc1. The molecule has 2 N–H and O–H groups in total. The zero-order valence-electron chi connectivity index (χ0n) is 16.6. The van der Waals surface area contributed by atoms with E-state index in [1.54, 1.807) is 11.1 Å². The summed E-state index contributed by atoms with van der Waals surface area (Å²) in [5, 5.41) is 10.7. The van der Waals surface area contributed by atoms with Gasteiger partial charge in [0.2, 0.25) is 5.91 Å². The van der Waals surface area contributed by atoms with Crippen molar-refractivity contribution >= 4 is 17.1 Å². The van der Waals surface area contributed by atoms with Crippen LogP contribution in [0.25, 0.3) is 11.2 Å². The fraction of sp³-hybridized carbons (Fsp3) is 0.208. The van der Waals surface area contributed by atoms with E-state index in [0.29, 0.717) is 25.0 Å². The first kappa shape index (κ1) is 19.8. The number of hydrogen-bond acceptors (Lipinski definition) is 4. The number of hydrogen-bond donors (Lipinski definition) is 2. The average molecular weight is 400 g/mol. The van der Waals surface area contributed by atoms with Crippen molar-refractivity contribution in [3.63, 3.8) is 0 Å². The van der Waals surface area contributed by atoms with E-state index in [4.69, 9.17) is 0 Å².